The number of esters is 1. The van der Waals surface area contributed by atoms with Gasteiger partial charge in [0.15, 0.2) is 18.1 Å². The quantitative estimate of drug-likeness (QED) is 0.622. The minimum atomic E-state index is -3.71. The first kappa shape index (κ1) is 20.6. The van der Waals surface area contributed by atoms with Gasteiger partial charge < -0.3 is 19.5 Å². The molecular weight excluding hydrogens is 400 g/mol. The Balaban J connectivity index is 1.39. The lowest BCUT2D eigenvalue weighted by molar-refractivity contribution is -0.147. The third-order valence-electron chi connectivity index (χ3n) is 3.97. The number of benzene rings is 2. The van der Waals surface area contributed by atoms with Crippen LogP contribution in [0.1, 0.15) is 12.0 Å². The maximum absolute atomic E-state index is 12.1. The molecular formula is C19H20N2O7S. The number of aryl methyl sites for hydroxylation is 1. The lowest BCUT2D eigenvalue weighted by atomic mass is 10.2. The topological polar surface area (TPSA) is 120 Å². The number of carbonyl (C=O) groups is 2. The molecule has 1 amide bonds. The summed E-state index contributed by atoms with van der Waals surface area (Å²) in [6.45, 7) is 1.34. The molecule has 0 atom stereocenters. The van der Waals surface area contributed by atoms with E-state index in [1.165, 1.54) is 12.1 Å². The molecule has 0 aliphatic carbocycles. The molecule has 10 heteroatoms. The number of rotatable bonds is 8. The van der Waals surface area contributed by atoms with Crippen molar-refractivity contribution < 1.29 is 32.2 Å². The zero-order chi connectivity index (χ0) is 20.9. The van der Waals surface area contributed by atoms with Gasteiger partial charge in [0.05, 0.1) is 11.3 Å². The fourth-order valence-electron chi connectivity index (χ4n) is 2.48. The molecule has 1 aliphatic rings. The predicted octanol–water partition coefficient (Wildman–Crippen LogP) is 1.57. The fraction of sp³-hybridized carbons (Fsp3) is 0.263. The zero-order valence-electron chi connectivity index (χ0n) is 15.6. The second-order valence-corrected chi connectivity index (χ2v) is 8.00. The summed E-state index contributed by atoms with van der Waals surface area (Å²) in [5.41, 5.74) is 1.41. The van der Waals surface area contributed by atoms with Crippen molar-refractivity contribution in [2.24, 2.45) is 0 Å². The van der Waals surface area contributed by atoms with E-state index in [9.17, 15) is 18.0 Å². The molecule has 0 radical (unpaired) electrons. The number of fused-ring (bicyclic) bond motifs is 1. The van der Waals surface area contributed by atoms with Crippen molar-refractivity contribution in [3.63, 3.8) is 0 Å². The maximum atomic E-state index is 12.1. The van der Waals surface area contributed by atoms with Crippen molar-refractivity contribution >= 4 is 27.6 Å². The number of hydrogen-bond acceptors (Lipinski definition) is 7. The largest absolute Gasteiger partial charge is 0.456 e. The van der Waals surface area contributed by atoms with Gasteiger partial charge in [-0.1, -0.05) is 17.7 Å². The Morgan fingerprint density at radius 1 is 1.07 bits per heavy atom. The van der Waals surface area contributed by atoms with Crippen LogP contribution in [0.5, 0.6) is 11.5 Å². The second kappa shape index (κ2) is 8.93. The summed E-state index contributed by atoms with van der Waals surface area (Å²) < 4.78 is 41.8. The molecule has 2 aromatic rings. The summed E-state index contributed by atoms with van der Waals surface area (Å²) in [6, 6.07) is 11.2. The highest BCUT2D eigenvalue weighted by atomic mass is 32.2. The molecule has 1 heterocycles. The van der Waals surface area contributed by atoms with Gasteiger partial charge in [0, 0.05) is 18.3 Å². The normalized spacial score (nSPS) is 12.4. The smallest absolute Gasteiger partial charge is 0.307 e. The Labute approximate surface area is 168 Å². The maximum Gasteiger partial charge on any atom is 0.307 e. The minimum absolute atomic E-state index is 0.111. The summed E-state index contributed by atoms with van der Waals surface area (Å²) in [5, 5.41) is 2.57. The number of carbonyl (C=O) groups excluding carboxylic acids is 2. The average Bonchev–Trinajstić information content (AvgIpc) is 3.14. The van der Waals surface area contributed by atoms with Crippen LogP contribution in [0.2, 0.25) is 0 Å². The molecule has 0 aromatic heterocycles. The van der Waals surface area contributed by atoms with Gasteiger partial charge in [-0.15, -0.1) is 0 Å². The lowest BCUT2D eigenvalue weighted by Gasteiger charge is -2.08. The molecule has 0 fully saturated rings. The zero-order valence-corrected chi connectivity index (χ0v) is 16.5. The molecule has 0 bridgehead atoms. The van der Waals surface area contributed by atoms with Crippen LogP contribution in [0, 0.1) is 6.92 Å². The highest BCUT2D eigenvalue weighted by Gasteiger charge is 2.16. The average molecular weight is 420 g/mol. The van der Waals surface area contributed by atoms with E-state index >= 15 is 0 Å². The monoisotopic (exact) mass is 420 g/mol. The van der Waals surface area contributed by atoms with Crippen molar-refractivity contribution in [3.05, 3.63) is 48.0 Å². The summed E-state index contributed by atoms with van der Waals surface area (Å²) >= 11 is 0. The van der Waals surface area contributed by atoms with Gasteiger partial charge in [-0.25, -0.2) is 13.1 Å². The van der Waals surface area contributed by atoms with Crippen LogP contribution in [0.3, 0.4) is 0 Å². The summed E-state index contributed by atoms with van der Waals surface area (Å²) in [6.07, 6.45) is -0.206. The van der Waals surface area contributed by atoms with Gasteiger partial charge in [0.25, 0.3) is 5.91 Å². The van der Waals surface area contributed by atoms with Crippen LogP contribution in [0.4, 0.5) is 5.69 Å². The molecule has 2 aromatic carbocycles. The Morgan fingerprint density at radius 2 is 1.79 bits per heavy atom. The number of hydrogen-bond donors (Lipinski definition) is 2. The number of sulfonamides is 1. The van der Waals surface area contributed by atoms with Crippen molar-refractivity contribution in [1.29, 1.82) is 0 Å². The highest BCUT2D eigenvalue weighted by molar-refractivity contribution is 7.89. The molecule has 154 valence electrons. The summed E-state index contributed by atoms with van der Waals surface area (Å²) in [5.74, 6) is -0.127. The van der Waals surface area contributed by atoms with Gasteiger partial charge in [-0.2, -0.15) is 0 Å². The minimum Gasteiger partial charge on any atom is -0.456 e. The van der Waals surface area contributed by atoms with E-state index in [0.29, 0.717) is 17.2 Å². The first-order chi connectivity index (χ1) is 13.8. The van der Waals surface area contributed by atoms with E-state index < -0.39 is 28.5 Å². The number of anilines is 1. The van der Waals surface area contributed by atoms with E-state index in [-0.39, 0.29) is 24.7 Å². The molecule has 0 unspecified atom stereocenters. The second-order valence-electron chi connectivity index (χ2n) is 6.24. The first-order valence-electron chi connectivity index (χ1n) is 8.75. The van der Waals surface area contributed by atoms with Crippen LogP contribution in [0.15, 0.2) is 47.4 Å². The lowest BCUT2D eigenvalue weighted by Crippen LogP contribution is -2.28. The van der Waals surface area contributed by atoms with E-state index in [4.69, 9.17) is 14.2 Å². The van der Waals surface area contributed by atoms with Crippen LogP contribution < -0.4 is 19.5 Å². The Kier molecular flexibility index (Phi) is 6.35. The first-order valence-corrected chi connectivity index (χ1v) is 10.2. The van der Waals surface area contributed by atoms with Crippen LogP contribution in [-0.4, -0.2) is 40.2 Å². The van der Waals surface area contributed by atoms with Crippen molar-refractivity contribution in [1.82, 2.24) is 4.72 Å². The molecule has 9 nitrogen and oxygen atoms in total. The molecule has 0 saturated carbocycles. The van der Waals surface area contributed by atoms with E-state index in [2.05, 4.69) is 10.0 Å². The van der Waals surface area contributed by atoms with Crippen LogP contribution in [0.25, 0.3) is 0 Å². The van der Waals surface area contributed by atoms with E-state index in [1.807, 2.05) is 6.92 Å². The number of ether oxygens (including phenoxy) is 3. The summed E-state index contributed by atoms with van der Waals surface area (Å²) in [7, 11) is -3.71. The molecule has 0 spiro atoms. The van der Waals surface area contributed by atoms with Gasteiger partial charge in [-0.3, -0.25) is 9.59 Å². The van der Waals surface area contributed by atoms with Gasteiger partial charge in [0.2, 0.25) is 16.8 Å². The van der Waals surface area contributed by atoms with Crippen LogP contribution >= 0.6 is 0 Å². The Hall–Kier alpha value is -3.11. The molecule has 0 saturated heterocycles. The number of nitrogens with one attached hydrogen (secondary N) is 2. The van der Waals surface area contributed by atoms with Crippen LogP contribution in [-0.2, 0) is 24.3 Å². The van der Waals surface area contributed by atoms with Gasteiger partial charge >= 0.3 is 5.97 Å². The van der Waals surface area contributed by atoms with E-state index in [1.54, 1.807) is 30.3 Å². The number of amides is 1. The Morgan fingerprint density at radius 3 is 2.55 bits per heavy atom. The molecule has 29 heavy (non-hydrogen) atoms. The predicted molar refractivity (Wildman–Crippen MR) is 103 cm³/mol. The standard InChI is InChI=1S/C19H20N2O7S/c1-13-2-5-15(6-3-13)29(24,25)20-9-8-19(23)26-11-18(22)21-14-4-7-16-17(10-14)28-12-27-16/h2-7,10,20H,8-9,11-12H2,1H3,(H,21,22). The van der Waals surface area contributed by atoms with E-state index in [0.717, 1.165) is 5.56 Å². The molecule has 1 aliphatic heterocycles. The van der Waals surface area contributed by atoms with Crippen molar-refractivity contribution in [3.8, 4) is 11.5 Å². The third kappa shape index (κ3) is 5.69. The van der Waals surface area contributed by atoms with Gasteiger partial charge in [0.1, 0.15) is 0 Å². The van der Waals surface area contributed by atoms with Gasteiger partial charge in [-0.05, 0) is 31.2 Å². The summed E-state index contributed by atoms with van der Waals surface area (Å²) in [4.78, 5) is 23.7. The fourth-order valence-corrected chi connectivity index (χ4v) is 3.51. The van der Waals surface area contributed by atoms with Crippen molar-refractivity contribution in [2.75, 3.05) is 25.3 Å². The Bertz CT molecular complexity index is 1000. The molecule has 3 rings (SSSR count). The molecule has 2 N–H and O–H groups in total. The highest BCUT2D eigenvalue weighted by Crippen LogP contribution is 2.34. The SMILES string of the molecule is Cc1ccc(S(=O)(=O)NCCC(=O)OCC(=O)Nc2ccc3c(c2)OCO3)cc1. The van der Waals surface area contributed by atoms with Crippen molar-refractivity contribution in [2.45, 2.75) is 18.2 Å². The third-order valence-corrected chi connectivity index (χ3v) is 5.45.